The predicted molar refractivity (Wildman–Crippen MR) is 150 cm³/mol. The molecule has 0 radical (unpaired) electrons. The number of nitrogens with one attached hydrogen (secondary N) is 1. The SMILES string of the molecule is CC(C)Oc1ncc(S(=O)(=O)NC(=O)OC[C@@H](C)[C@H]2CC[C@H]3[C@@H]4[C@H](O)C[C@@H]5CC(=O)CC[C@]5(C)[C@H]4CC[C@]23C)cn1. The van der Waals surface area contributed by atoms with Crippen molar-refractivity contribution in [1.82, 2.24) is 14.7 Å². The topological polar surface area (TPSA) is 145 Å². The number of carbonyl (C=O) groups excluding carboxylic acids is 2. The maximum absolute atomic E-state index is 12.6. The first-order valence-corrected chi connectivity index (χ1v) is 16.6. The number of fused-ring (bicyclic) bond motifs is 5. The van der Waals surface area contributed by atoms with Crippen LogP contribution in [0, 0.1) is 46.3 Å². The van der Waals surface area contributed by atoms with Crippen molar-refractivity contribution < 1.29 is 32.6 Å². The van der Waals surface area contributed by atoms with Gasteiger partial charge in [-0.05, 0) is 98.7 Å². The molecule has 4 saturated carbocycles. The van der Waals surface area contributed by atoms with Crippen molar-refractivity contribution in [2.75, 3.05) is 6.61 Å². The number of hydrogen-bond donors (Lipinski definition) is 2. The molecule has 4 fully saturated rings. The van der Waals surface area contributed by atoms with Gasteiger partial charge in [0.1, 0.15) is 10.7 Å². The number of ether oxygens (including phenoxy) is 2. The summed E-state index contributed by atoms with van der Waals surface area (Å²) in [5, 5.41) is 11.4. The second kappa shape index (κ2) is 11.1. The van der Waals surface area contributed by atoms with Crippen LogP contribution in [0.4, 0.5) is 4.79 Å². The summed E-state index contributed by atoms with van der Waals surface area (Å²) in [6.45, 7) is 10.5. The first kappa shape index (κ1) is 30.2. The average molecular weight is 592 g/mol. The van der Waals surface area contributed by atoms with Crippen LogP contribution in [-0.2, 0) is 19.6 Å². The number of ketones is 1. The Kier molecular flexibility index (Phi) is 8.17. The van der Waals surface area contributed by atoms with Crippen LogP contribution in [0.3, 0.4) is 0 Å². The summed E-state index contributed by atoms with van der Waals surface area (Å²) in [6.07, 6.45) is 7.63. The number of sulfonamides is 1. The molecule has 0 unspecified atom stereocenters. The number of hydrogen-bond acceptors (Lipinski definition) is 9. The van der Waals surface area contributed by atoms with E-state index in [2.05, 4.69) is 30.7 Å². The molecule has 0 bridgehead atoms. The highest BCUT2D eigenvalue weighted by Gasteiger charge is 2.63. The zero-order chi connectivity index (χ0) is 29.7. The molecule has 0 saturated heterocycles. The molecule has 1 aromatic rings. The summed E-state index contributed by atoms with van der Waals surface area (Å²) < 4.78 is 38.0. The molecule has 0 spiro atoms. The maximum Gasteiger partial charge on any atom is 0.421 e. The van der Waals surface area contributed by atoms with Crippen molar-refractivity contribution in [1.29, 1.82) is 0 Å². The molecular weight excluding hydrogens is 546 g/mol. The third kappa shape index (κ3) is 5.60. The second-order valence-corrected chi connectivity index (χ2v) is 15.5. The Bertz CT molecular complexity index is 1260. The molecule has 0 aliphatic heterocycles. The van der Waals surface area contributed by atoms with Crippen molar-refractivity contribution >= 4 is 21.9 Å². The standard InChI is InChI=1S/C30H45N3O7S/c1-17(2)40-27-31-14-21(15-32-27)41(37,38)33-28(36)39-16-18(3)22-6-7-23-26-24(9-11-30(22,23)5)29(4)10-8-20(34)12-19(29)13-25(26)35/h14-15,17-19,22-26,35H,6-13,16H2,1-5H3,(H,33,36)/t18-,19+,22-,23+,24+,25-,26+,29+,30-/m1/s1. The molecule has 9 atom stereocenters. The van der Waals surface area contributed by atoms with E-state index >= 15 is 0 Å². The largest absolute Gasteiger partial charge is 0.461 e. The van der Waals surface area contributed by atoms with Gasteiger partial charge in [-0.15, -0.1) is 0 Å². The smallest absolute Gasteiger partial charge is 0.421 e. The molecule has 11 heteroatoms. The molecule has 1 aromatic heterocycles. The van der Waals surface area contributed by atoms with E-state index in [9.17, 15) is 23.1 Å². The van der Waals surface area contributed by atoms with Crippen LogP contribution < -0.4 is 9.46 Å². The van der Waals surface area contributed by atoms with E-state index in [-0.39, 0.29) is 58.3 Å². The lowest BCUT2D eigenvalue weighted by atomic mass is 9.44. The van der Waals surface area contributed by atoms with Gasteiger partial charge >= 0.3 is 12.1 Å². The van der Waals surface area contributed by atoms with Gasteiger partial charge in [0, 0.05) is 12.8 Å². The van der Waals surface area contributed by atoms with Gasteiger partial charge < -0.3 is 14.6 Å². The Morgan fingerprint density at radius 2 is 1.78 bits per heavy atom. The van der Waals surface area contributed by atoms with Gasteiger partial charge in [0.05, 0.1) is 31.2 Å². The lowest BCUT2D eigenvalue weighted by molar-refractivity contribution is -0.169. The van der Waals surface area contributed by atoms with E-state index in [1.165, 1.54) is 0 Å². The van der Waals surface area contributed by atoms with Crippen LogP contribution in [-0.4, -0.2) is 54.2 Å². The molecule has 228 valence electrons. The van der Waals surface area contributed by atoms with Crippen LogP contribution >= 0.6 is 0 Å². The van der Waals surface area contributed by atoms with Crippen LogP contribution in [0.25, 0.3) is 0 Å². The highest BCUT2D eigenvalue weighted by molar-refractivity contribution is 7.90. The Morgan fingerprint density at radius 1 is 1.10 bits per heavy atom. The van der Waals surface area contributed by atoms with Crippen molar-refractivity contribution in [2.45, 2.75) is 103 Å². The fourth-order valence-electron chi connectivity index (χ4n) is 9.22. The summed E-state index contributed by atoms with van der Waals surface area (Å²) >= 11 is 0. The van der Waals surface area contributed by atoms with Gasteiger partial charge in [-0.2, -0.15) is 0 Å². The molecular formula is C30H45N3O7S. The maximum atomic E-state index is 12.6. The van der Waals surface area contributed by atoms with E-state index in [4.69, 9.17) is 9.47 Å². The second-order valence-electron chi connectivity index (χ2n) is 13.8. The van der Waals surface area contributed by atoms with E-state index in [0.717, 1.165) is 44.5 Å². The zero-order valence-corrected chi connectivity index (χ0v) is 25.7. The fraction of sp³-hybridized carbons (Fsp3) is 0.800. The van der Waals surface area contributed by atoms with Crippen molar-refractivity contribution in [3.63, 3.8) is 0 Å². The average Bonchev–Trinajstić information content (AvgIpc) is 3.25. The van der Waals surface area contributed by atoms with Crippen LogP contribution in [0.15, 0.2) is 17.3 Å². The first-order chi connectivity index (χ1) is 19.2. The number of aromatic nitrogens is 2. The van der Waals surface area contributed by atoms with E-state index in [0.29, 0.717) is 42.8 Å². The van der Waals surface area contributed by atoms with E-state index < -0.39 is 16.1 Å². The minimum absolute atomic E-state index is 0.0122. The first-order valence-electron chi connectivity index (χ1n) is 15.1. The molecule has 4 aliphatic rings. The molecule has 1 heterocycles. The lowest BCUT2D eigenvalue weighted by Gasteiger charge is -2.61. The third-order valence-corrected chi connectivity index (χ3v) is 12.5. The number of amides is 1. The molecule has 1 amide bonds. The minimum Gasteiger partial charge on any atom is -0.461 e. The Morgan fingerprint density at radius 3 is 2.46 bits per heavy atom. The van der Waals surface area contributed by atoms with Gasteiger partial charge in [0.2, 0.25) is 0 Å². The minimum atomic E-state index is -4.20. The summed E-state index contributed by atoms with van der Waals surface area (Å²) in [7, 11) is -4.20. The number of carbonyl (C=O) groups is 2. The quantitative estimate of drug-likeness (QED) is 0.468. The van der Waals surface area contributed by atoms with Gasteiger partial charge in [0.15, 0.2) is 0 Å². The molecule has 41 heavy (non-hydrogen) atoms. The molecule has 4 aliphatic carbocycles. The van der Waals surface area contributed by atoms with Crippen molar-refractivity contribution in [2.24, 2.45) is 46.3 Å². The highest BCUT2D eigenvalue weighted by atomic mass is 32.2. The van der Waals surface area contributed by atoms with Gasteiger partial charge in [-0.3, -0.25) is 4.79 Å². The molecule has 0 aromatic carbocycles. The number of aliphatic hydroxyl groups is 1. The molecule has 10 nitrogen and oxygen atoms in total. The summed E-state index contributed by atoms with van der Waals surface area (Å²) in [5.41, 5.74) is 0.126. The Hall–Kier alpha value is -2.27. The number of rotatable bonds is 7. The summed E-state index contributed by atoms with van der Waals surface area (Å²) in [6, 6.07) is 0.0521. The van der Waals surface area contributed by atoms with Crippen LogP contribution in [0.2, 0.25) is 0 Å². The van der Waals surface area contributed by atoms with Gasteiger partial charge in [-0.25, -0.2) is 27.9 Å². The van der Waals surface area contributed by atoms with Crippen molar-refractivity contribution in [3.05, 3.63) is 12.4 Å². The zero-order valence-electron chi connectivity index (χ0n) is 24.8. The third-order valence-electron chi connectivity index (χ3n) is 11.2. The molecule has 5 rings (SSSR count). The van der Waals surface area contributed by atoms with E-state index in [1.807, 2.05) is 4.72 Å². The fourth-order valence-corrected chi connectivity index (χ4v) is 10.0. The van der Waals surface area contributed by atoms with Gasteiger partial charge in [0.25, 0.3) is 10.0 Å². The number of Topliss-reactive ketones (excluding diaryl/α,β-unsaturated/α-hetero) is 1. The normalized spacial score (nSPS) is 37.5. The predicted octanol–water partition coefficient (Wildman–Crippen LogP) is 4.51. The van der Waals surface area contributed by atoms with E-state index in [1.54, 1.807) is 13.8 Å². The van der Waals surface area contributed by atoms with Crippen LogP contribution in [0.5, 0.6) is 6.01 Å². The Balaban J connectivity index is 1.20. The van der Waals surface area contributed by atoms with Gasteiger partial charge in [-0.1, -0.05) is 20.8 Å². The number of nitrogens with zero attached hydrogens (tertiary/aromatic N) is 2. The Labute approximate surface area is 243 Å². The molecule has 2 N–H and O–H groups in total. The lowest BCUT2D eigenvalue weighted by Crippen LogP contribution is -2.58. The summed E-state index contributed by atoms with van der Waals surface area (Å²) in [4.78, 5) is 32.3. The monoisotopic (exact) mass is 591 g/mol. The van der Waals surface area contributed by atoms with Crippen molar-refractivity contribution in [3.8, 4) is 6.01 Å². The summed E-state index contributed by atoms with van der Waals surface area (Å²) in [5.74, 6) is 1.99. The number of aliphatic hydroxyl groups excluding tert-OH is 1. The highest BCUT2D eigenvalue weighted by Crippen LogP contribution is 2.68. The van der Waals surface area contributed by atoms with Crippen LogP contribution in [0.1, 0.15) is 86.0 Å².